The minimum absolute atomic E-state index is 0.277. The molecule has 4 rings (SSSR count). The van der Waals surface area contributed by atoms with Crippen molar-refractivity contribution in [3.63, 3.8) is 0 Å². The predicted octanol–water partition coefficient (Wildman–Crippen LogP) is 3.24. The van der Waals surface area contributed by atoms with E-state index >= 15 is 0 Å². The van der Waals surface area contributed by atoms with Crippen LogP contribution >= 0.6 is 11.6 Å². The molecule has 9 heteroatoms. The van der Waals surface area contributed by atoms with Gasteiger partial charge in [-0.3, -0.25) is 14.2 Å². The molecule has 3 heterocycles. The van der Waals surface area contributed by atoms with E-state index in [2.05, 4.69) is 20.7 Å². The van der Waals surface area contributed by atoms with Gasteiger partial charge in [-0.05, 0) is 31.5 Å². The Morgan fingerprint density at radius 2 is 2.03 bits per heavy atom. The highest BCUT2D eigenvalue weighted by Crippen LogP contribution is 2.20. The molecule has 3 aromatic rings. The van der Waals surface area contributed by atoms with E-state index in [-0.39, 0.29) is 5.91 Å². The van der Waals surface area contributed by atoms with Crippen LogP contribution in [0.1, 0.15) is 30.2 Å². The number of nitrogens with zero attached hydrogens (tertiary/aromatic N) is 5. The molecule has 2 aromatic heterocycles. The van der Waals surface area contributed by atoms with Crippen molar-refractivity contribution >= 4 is 29.0 Å². The van der Waals surface area contributed by atoms with E-state index in [0.29, 0.717) is 23.8 Å². The van der Waals surface area contributed by atoms with Gasteiger partial charge >= 0.3 is 0 Å². The van der Waals surface area contributed by atoms with Gasteiger partial charge in [-0.15, -0.1) is 0 Å². The summed E-state index contributed by atoms with van der Waals surface area (Å²) in [6, 6.07) is 9.31. The third-order valence-electron chi connectivity index (χ3n) is 4.69. The number of aryl methyl sites for hydroxylation is 2. The number of anilines is 1. The number of rotatable bonds is 6. The Morgan fingerprint density at radius 3 is 2.76 bits per heavy atom. The molecule has 1 aliphatic heterocycles. The Labute approximate surface area is 173 Å². The molecule has 0 fully saturated rings. The molecule has 0 bridgehead atoms. The maximum absolute atomic E-state index is 12.5. The van der Waals surface area contributed by atoms with Crippen molar-refractivity contribution in [2.24, 2.45) is 5.16 Å². The maximum Gasteiger partial charge on any atom is 0.269 e. The van der Waals surface area contributed by atoms with Crippen LogP contribution < -0.4 is 5.32 Å². The second-order valence-corrected chi connectivity index (χ2v) is 7.27. The molecule has 1 aliphatic rings. The third-order valence-corrected chi connectivity index (χ3v) is 4.94. The molecule has 0 saturated heterocycles. The van der Waals surface area contributed by atoms with E-state index in [1.807, 2.05) is 55.2 Å². The van der Waals surface area contributed by atoms with Crippen molar-refractivity contribution in [2.45, 2.75) is 39.5 Å². The lowest BCUT2D eigenvalue weighted by Gasteiger charge is -2.07. The van der Waals surface area contributed by atoms with Crippen LogP contribution in [-0.4, -0.2) is 37.3 Å². The summed E-state index contributed by atoms with van der Waals surface area (Å²) in [5.41, 5.74) is 3.58. The monoisotopic (exact) mass is 412 g/mol. The van der Waals surface area contributed by atoms with E-state index < -0.39 is 6.10 Å². The Kier molecular flexibility index (Phi) is 5.35. The summed E-state index contributed by atoms with van der Waals surface area (Å²) in [4.78, 5) is 17.9. The van der Waals surface area contributed by atoms with Gasteiger partial charge in [0.25, 0.3) is 5.91 Å². The Morgan fingerprint density at radius 1 is 1.24 bits per heavy atom. The van der Waals surface area contributed by atoms with Gasteiger partial charge in [-0.1, -0.05) is 28.9 Å². The number of aromatic nitrogens is 4. The summed E-state index contributed by atoms with van der Waals surface area (Å²) >= 11 is 5.91. The van der Waals surface area contributed by atoms with Crippen LogP contribution in [0.5, 0.6) is 0 Å². The highest BCUT2D eigenvalue weighted by molar-refractivity contribution is 6.30. The van der Waals surface area contributed by atoms with E-state index in [9.17, 15) is 4.79 Å². The first kappa shape index (κ1) is 19.2. The predicted molar refractivity (Wildman–Crippen MR) is 110 cm³/mol. The van der Waals surface area contributed by atoms with Gasteiger partial charge in [0, 0.05) is 42.0 Å². The summed E-state index contributed by atoms with van der Waals surface area (Å²) in [5.74, 6) is 0.192. The van der Waals surface area contributed by atoms with Gasteiger partial charge in [0.2, 0.25) is 6.10 Å². The van der Waals surface area contributed by atoms with Gasteiger partial charge in [0.15, 0.2) is 5.82 Å². The fourth-order valence-electron chi connectivity index (χ4n) is 3.14. The van der Waals surface area contributed by atoms with E-state index in [1.54, 1.807) is 10.7 Å². The molecular weight excluding hydrogens is 392 g/mol. The molecule has 8 nitrogen and oxygen atoms in total. The molecule has 0 spiro atoms. The lowest BCUT2D eigenvalue weighted by atomic mass is 10.1. The number of nitrogens with one attached hydrogen (secondary N) is 1. The average Bonchev–Trinajstić information content (AvgIpc) is 3.43. The van der Waals surface area contributed by atoms with Crippen LogP contribution in [-0.2, 0) is 22.7 Å². The maximum atomic E-state index is 12.5. The van der Waals surface area contributed by atoms with Gasteiger partial charge in [0.1, 0.15) is 0 Å². The highest BCUT2D eigenvalue weighted by Gasteiger charge is 2.30. The first-order valence-corrected chi connectivity index (χ1v) is 9.75. The number of benzene rings is 1. The smallest absolute Gasteiger partial charge is 0.269 e. The number of halogens is 1. The first-order valence-electron chi connectivity index (χ1n) is 9.37. The zero-order chi connectivity index (χ0) is 20.4. The number of hydrogen-bond acceptors (Lipinski definition) is 5. The van der Waals surface area contributed by atoms with Crippen LogP contribution in [0.25, 0.3) is 0 Å². The molecule has 1 amide bonds. The van der Waals surface area contributed by atoms with Crippen LogP contribution in [0.4, 0.5) is 5.82 Å². The number of hydrogen-bond donors (Lipinski definition) is 1. The summed E-state index contributed by atoms with van der Waals surface area (Å²) in [5, 5.41) is 16.4. The molecule has 1 atom stereocenters. The highest BCUT2D eigenvalue weighted by atomic mass is 35.5. The van der Waals surface area contributed by atoms with Crippen LogP contribution in [0.2, 0.25) is 5.02 Å². The van der Waals surface area contributed by atoms with Crippen molar-refractivity contribution < 1.29 is 9.63 Å². The third kappa shape index (κ3) is 4.32. The number of carbonyl (C=O) groups excluding carboxylic acids is 1. The number of amides is 1. The van der Waals surface area contributed by atoms with Crippen LogP contribution in [0.3, 0.4) is 0 Å². The first-order chi connectivity index (χ1) is 14.0. The molecule has 29 heavy (non-hydrogen) atoms. The molecule has 1 N–H and O–H groups in total. The number of oxime groups is 1. The van der Waals surface area contributed by atoms with E-state index in [0.717, 1.165) is 29.1 Å². The molecule has 0 saturated carbocycles. The Bertz CT molecular complexity index is 1050. The topological polar surface area (TPSA) is 86.3 Å². The van der Waals surface area contributed by atoms with Crippen molar-refractivity contribution in [1.82, 2.24) is 19.6 Å². The van der Waals surface area contributed by atoms with Gasteiger partial charge in [-0.25, -0.2) is 0 Å². The van der Waals surface area contributed by atoms with Gasteiger partial charge < -0.3 is 10.2 Å². The molecule has 1 unspecified atom stereocenters. The lowest BCUT2D eigenvalue weighted by Crippen LogP contribution is -2.28. The largest absolute Gasteiger partial charge is 0.382 e. The van der Waals surface area contributed by atoms with E-state index in [4.69, 9.17) is 16.4 Å². The molecule has 0 aliphatic carbocycles. The van der Waals surface area contributed by atoms with Crippen molar-refractivity contribution in [3.05, 3.63) is 64.6 Å². The summed E-state index contributed by atoms with van der Waals surface area (Å²) < 4.78 is 3.59. The van der Waals surface area contributed by atoms with Crippen LogP contribution in [0.15, 0.2) is 47.9 Å². The molecular formula is C20H21ClN6O2. The quantitative estimate of drug-likeness (QED) is 0.673. The van der Waals surface area contributed by atoms with Crippen molar-refractivity contribution in [3.8, 4) is 0 Å². The summed E-state index contributed by atoms with van der Waals surface area (Å²) in [7, 11) is 0. The van der Waals surface area contributed by atoms with Gasteiger partial charge in [-0.2, -0.15) is 10.2 Å². The minimum Gasteiger partial charge on any atom is -0.382 e. The van der Waals surface area contributed by atoms with Crippen molar-refractivity contribution in [1.29, 1.82) is 0 Å². The zero-order valence-corrected chi connectivity index (χ0v) is 16.9. The standard InChI is InChI=1S/C20H21ClN6O2/c1-3-26-12-16(13(2)23-26)17-10-18(29-25-17)20(28)22-19-8-9-27(24-19)11-14-4-6-15(21)7-5-14/h4-9,12,18H,3,10-11H2,1-2H3,(H,22,24,28). The zero-order valence-electron chi connectivity index (χ0n) is 16.2. The molecule has 1 aromatic carbocycles. The van der Waals surface area contributed by atoms with Gasteiger partial charge in [0.05, 0.1) is 18.0 Å². The average molecular weight is 413 g/mol. The minimum atomic E-state index is -0.684. The number of carbonyl (C=O) groups is 1. The molecule has 150 valence electrons. The lowest BCUT2D eigenvalue weighted by molar-refractivity contribution is -0.125. The SMILES string of the molecule is CCn1cc(C2=NOC(C(=O)Nc3ccn(Cc4ccc(Cl)cc4)n3)C2)c(C)n1. The Balaban J connectivity index is 1.35. The normalized spacial score (nSPS) is 15.8. The summed E-state index contributed by atoms with van der Waals surface area (Å²) in [6.45, 7) is 5.30. The summed E-state index contributed by atoms with van der Waals surface area (Å²) in [6.07, 6.45) is 3.45. The fourth-order valence-corrected chi connectivity index (χ4v) is 3.27. The van der Waals surface area contributed by atoms with Crippen molar-refractivity contribution in [2.75, 3.05) is 5.32 Å². The fraction of sp³-hybridized carbons (Fsp3) is 0.300. The Hall–Kier alpha value is -3.13. The molecule has 0 radical (unpaired) electrons. The second kappa shape index (κ2) is 8.08. The van der Waals surface area contributed by atoms with Crippen LogP contribution in [0, 0.1) is 6.92 Å². The van der Waals surface area contributed by atoms with E-state index in [1.165, 1.54) is 0 Å². The second-order valence-electron chi connectivity index (χ2n) is 6.83.